The highest BCUT2D eigenvalue weighted by atomic mass is 19.3. The lowest BCUT2D eigenvalue weighted by Crippen LogP contribution is -2.42. The number of aryl methyl sites for hydroxylation is 1. The number of carbonyl (C=O) groups is 1. The third-order valence-corrected chi connectivity index (χ3v) is 6.19. The quantitative estimate of drug-likeness (QED) is 0.585. The Morgan fingerprint density at radius 3 is 2.52 bits per heavy atom. The molecule has 3 heterocycles. The molecule has 0 N–H and O–H groups in total. The van der Waals surface area contributed by atoms with Crippen LogP contribution in [0, 0.1) is 12.8 Å². The lowest BCUT2D eigenvalue weighted by molar-refractivity contribution is -0.124. The molecule has 0 atom stereocenters. The van der Waals surface area contributed by atoms with Gasteiger partial charge in [0.1, 0.15) is 11.6 Å². The summed E-state index contributed by atoms with van der Waals surface area (Å²) < 4.78 is 28.5. The molecular formula is C24H28F2N4O. The molecule has 3 aromatic rings. The van der Waals surface area contributed by atoms with Crippen LogP contribution in [-0.2, 0) is 18.3 Å². The summed E-state index contributed by atoms with van der Waals surface area (Å²) in [5, 5.41) is 2.06. The van der Waals surface area contributed by atoms with E-state index in [-0.39, 0.29) is 24.7 Å². The van der Waals surface area contributed by atoms with Crippen LogP contribution in [0.5, 0.6) is 0 Å². The molecule has 7 heteroatoms. The molecular weight excluding hydrogens is 398 g/mol. The summed E-state index contributed by atoms with van der Waals surface area (Å²) in [6, 6.07) is 8.17. The zero-order valence-electron chi connectivity index (χ0n) is 18.2. The number of fused-ring (bicyclic) bond motifs is 1. The Kier molecular flexibility index (Phi) is 5.88. The smallest absolute Gasteiger partial charge is 0.257 e. The van der Waals surface area contributed by atoms with Crippen LogP contribution < -0.4 is 0 Å². The predicted octanol–water partition coefficient (Wildman–Crippen LogP) is 4.42. The third-order valence-electron chi connectivity index (χ3n) is 6.19. The molecule has 0 bridgehead atoms. The number of rotatable bonds is 6. The van der Waals surface area contributed by atoms with E-state index in [1.54, 1.807) is 4.90 Å². The summed E-state index contributed by atoms with van der Waals surface area (Å²) in [4.78, 5) is 23.4. The first kappa shape index (κ1) is 21.6. The van der Waals surface area contributed by atoms with Crippen molar-refractivity contribution >= 4 is 16.6 Å². The van der Waals surface area contributed by atoms with Gasteiger partial charge in [0, 0.05) is 49.2 Å². The van der Waals surface area contributed by atoms with Gasteiger partial charge in [0.25, 0.3) is 5.92 Å². The summed E-state index contributed by atoms with van der Waals surface area (Å²) in [6.07, 6.45) is 5.21. The molecule has 31 heavy (non-hydrogen) atoms. The molecule has 4 rings (SSSR count). The molecule has 1 aliphatic rings. The van der Waals surface area contributed by atoms with Gasteiger partial charge < -0.3 is 4.57 Å². The first-order valence-corrected chi connectivity index (χ1v) is 10.7. The number of halogens is 2. The molecule has 0 amide bonds. The maximum Gasteiger partial charge on any atom is 0.257 e. The number of Topliss-reactive ketones (excluding diaryl/α,β-unsaturated/α-hetero) is 1. The number of carbonyl (C=O) groups excluding carboxylic acids is 1. The molecule has 1 fully saturated rings. The van der Waals surface area contributed by atoms with Gasteiger partial charge in [-0.2, -0.15) is 0 Å². The first-order chi connectivity index (χ1) is 14.7. The standard InChI is InChI=1S/C24H28F2N4O/c1-16-27-14-22(29(16)3)18-4-5-19-13-28-21(11-20(19)10-18)12-23(31)17-6-8-30(9-7-17)15-24(2,25)26/h4-5,10-11,13-14,17H,6-9,12,15H2,1-3H3. The Labute approximate surface area is 181 Å². The lowest BCUT2D eigenvalue weighted by Gasteiger charge is -2.32. The van der Waals surface area contributed by atoms with Crippen LogP contribution in [-0.4, -0.2) is 50.8 Å². The molecule has 1 aliphatic heterocycles. The summed E-state index contributed by atoms with van der Waals surface area (Å²) in [5.74, 6) is -1.68. The van der Waals surface area contributed by atoms with Gasteiger partial charge in [-0.05, 0) is 50.4 Å². The fraction of sp³-hybridized carbons (Fsp3) is 0.458. The van der Waals surface area contributed by atoms with Gasteiger partial charge in [-0.15, -0.1) is 0 Å². The van der Waals surface area contributed by atoms with Crippen molar-refractivity contribution in [3.63, 3.8) is 0 Å². The Morgan fingerprint density at radius 1 is 1.13 bits per heavy atom. The van der Waals surface area contributed by atoms with Crippen molar-refractivity contribution in [2.24, 2.45) is 13.0 Å². The zero-order chi connectivity index (χ0) is 22.2. The van der Waals surface area contributed by atoms with Crippen molar-refractivity contribution in [3.8, 4) is 11.3 Å². The largest absolute Gasteiger partial charge is 0.331 e. The number of nitrogens with zero attached hydrogens (tertiary/aromatic N) is 4. The number of ketones is 1. The average Bonchev–Trinajstić information content (AvgIpc) is 3.05. The van der Waals surface area contributed by atoms with E-state index in [1.165, 1.54) is 0 Å². The van der Waals surface area contributed by atoms with E-state index < -0.39 is 5.92 Å². The van der Waals surface area contributed by atoms with E-state index in [1.807, 2.05) is 43.1 Å². The van der Waals surface area contributed by atoms with E-state index in [4.69, 9.17) is 0 Å². The molecule has 0 radical (unpaired) electrons. The number of aromatic nitrogens is 3. The van der Waals surface area contributed by atoms with E-state index >= 15 is 0 Å². The normalized spacial score (nSPS) is 16.2. The highest BCUT2D eigenvalue weighted by Gasteiger charge is 2.30. The van der Waals surface area contributed by atoms with Crippen molar-refractivity contribution in [3.05, 3.63) is 48.2 Å². The molecule has 1 saturated heterocycles. The molecule has 1 aromatic carbocycles. The number of hydrogen-bond acceptors (Lipinski definition) is 4. The number of likely N-dealkylation sites (tertiary alicyclic amines) is 1. The summed E-state index contributed by atoms with van der Waals surface area (Å²) in [7, 11) is 1.99. The molecule has 5 nitrogen and oxygen atoms in total. The van der Waals surface area contributed by atoms with Crippen LogP contribution in [0.15, 0.2) is 36.7 Å². The second-order valence-corrected chi connectivity index (χ2v) is 8.75. The van der Waals surface area contributed by atoms with Gasteiger partial charge in [0.2, 0.25) is 0 Å². The maximum atomic E-state index is 13.2. The molecule has 2 aromatic heterocycles. The molecule has 0 aliphatic carbocycles. The lowest BCUT2D eigenvalue weighted by atomic mass is 9.90. The highest BCUT2D eigenvalue weighted by Crippen LogP contribution is 2.26. The number of imidazole rings is 1. The monoisotopic (exact) mass is 426 g/mol. The van der Waals surface area contributed by atoms with Gasteiger partial charge in [0.05, 0.1) is 18.4 Å². The Bertz CT molecular complexity index is 1090. The van der Waals surface area contributed by atoms with E-state index in [0.717, 1.165) is 40.5 Å². The minimum absolute atomic E-state index is 0.0806. The van der Waals surface area contributed by atoms with Crippen LogP contribution in [0.4, 0.5) is 8.78 Å². The van der Waals surface area contributed by atoms with Gasteiger partial charge in [-0.1, -0.05) is 12.1 Å². The van der Waals surface area contributed by atoms with Crippen molar-refractivity contribution < 1.29 is 13.6 Å². The number of pyridine rings is 1. The fourth-order valence-corrected chi connectivity index (χ4v) is 4.34. The minimum atomic E-state index is -2.70. The second kappa shape index (κ2) is 8.46. The predicted molar refractivity (Wildman–Crippen MR) is 117 cm³/mol. The number of piperidine rings is 1. The average molecular weight is 427 g/mol. The molecule has 164 valence electrons. The summed E-state index contributed by atoms with van der Waals surface area (Å²) in [5.41, 5.74) is 2.86. The Hall–Kier alpha value is -2.67. The van der Waals surface area contributed by atoms with Crippen molar-refractivity contribution in [2.75, 3.05) is 19.6 Å². The van der Waals surface area contributed by atoms with E-state index in [9.17, 15) is 13.6 Å². The Morgan fingerprint density at radius 2 is 1.87 bits per heavy atom. The molecule has 0 saturated carbocycles. The first-order valence-electron chi connectivity index (χ1n) is 10.7. The van der Waals surface area contributed by atoms with Gasteiger partial charge in [-0.3, -0.25) is 14.7 Å². The second-order valence-electron chi connectivity index (χ2n) is 8.75. The van der Waals surface area contributed by atoms with Crippen LogP contribution in [0.2, 0.25) is 0 Å². The van der Waals surface area contributed by atoms with E-state index in [2.05, 4.69) is 22.1 Å². The number of alkyl halides is 2. The number of hydrogen-bond donors (Lipinski definition) is 0. The van der Waals surface area contributed by atoms with Gasteiger partial charge in [0.15, 0.2) is 0 Å². The summed E-state index contributed by atoms with van der Waals surface area (Å²) >= 11 is 0. The summed E-state index contributed by atoms with van der Waals surface area (Å²) in [6.45, 7) is 3.75. The topological polar surface area (TPSA) is 51.0 Å². The Balaban J connectivity index is 1.45. The van der Waals surface area contributed by atoms with Crippen molar-refractivity contribution in [2.45, 2.75) is 39.0 Å². The van der Waals surface area contributed by atoms with Crippen LogP contribution in [0.1, 0.15) is 31.3 Å². The van der Waals surface area contributed by atoms with Crippen molar-refractivity contribution in [1.29, 1.82) is 0 Å². The zero-order valence-corrected chi connectivity index (χ0v) is 18.2. The maximum absolute atomic E-state index is 13.2. The van der Waals surface area contributed by atoms with Gasteiger partial charge >= 0.3 is 0 Å². The highest BCUT2D eigenvalue weighted by molar-refractivity contribution is 5.88. The van der Waals surface area contributed by atoms with Gasteiger partial charge in [-0.25, -0.2) is 13.8 Å². The molecule has 0 spiro atoms. The minimum Gasteiger partial charge on any atom is -0.331 e. The SMILES string of the molecule is Cc1ncc(-c2ccc3cnc(CC(=O)C4CCN(CC(C)(F)F)CC4)cc3c2)n1C. The van der Waals surface area contributed by atoms with Crippen LogP contribution >= 0.6 is 0 Å². The van der Waals surface area contributed by atoms with E-state index in [0.29, 0.717) is 25.9 Å². The molecule has 0 unspecified atom stereocenters. The van der Waals surface area contributed by atoms with Crippen LogP contribution in [0.3, 0.4) is 0 Å². The number of benzene rings is 1. The van der Waals surface area contributed by atoms with Crippen LogP contribution in [0.25, 0.3) is 22.0 Å². The third kappa shape index (κ3) is 4.98. The fourth-order valence-electron chi connectivity index (χ4n) is 4.34. The van der Waals surface area contributed by atoms with Crippen molar-refractivity contribution in [1.82, 2.24) is 19.4 Å².